The minimum absolute atomic E-state index is 0.00504. The molecule has 1 aromatic heterocycles. The van der Waals surface area contributed by atoms with E-state index in [1.54, 1.807) is 0 Å². The second kappa shape index (κ2) is 4.46. The van der Waals surface area contributed by atoms with Gasteiger partial charge >= 0.3 is 5.69 Å². The quantitative estimate of drug-likeness (QED) is 0.469. The number of nitro groups is 1. The zero-order valence-corrected chi connectivity index (χ0v) is 11.1. The predicted octanol–water partition coefficient (Wildman–Crippen LogP) is 0.725. The van der Waals surface area contributed by atoms with E-state index in [0.29, 0.717) is 0 Å². The number of anilines is 1. The third-order valence-corrected chi connectivity index (χ3v) is 6.13. The van der Waals surface area contributed by atoms with Crippen molar-refractivity contribution in [2.24, 2.45) is 5.84 Å². The van der Waals surface area contributed by atoms with Crippen LogP contribution in [0.2, 0.25) is 0 Å². The molecule has 0 aromatic carbocycles. The summed E-state index contributed by atoms with van der Waals surface area (Å²) >= 11 is 0.761. The van der Waals surface area contributed by atoms with Crippen molar-refractivity contribution in [2.45, 2.75) is 23.1 Å². The first-order valence-corrected chi connectivity index (χ1v) is 7.36. The molecule has 18 heavy (non-hydrogen) atoms. The Balaban J connectivity index is 2.41. The van der Waals surface area contributed by atoms with Crippen molar-refractivity contribution in [1.82, 2.24) is 4.31 Å². The fourth-order valence-corrected chi connectivity index (χ4v) is 4.34. The van der Waals surface area contributed by atoms with Crippen molar-refractivity contribution in [2.75, 3.05) is 12.5 Å². The second-order valence-corrected chi connectivity index (χ2v) is 7.21. The molecular weight excluding hydrogens is 280 g/mol. The lowest BCUT2D eigenvalue weighted by molar-refractivity contribution is -0.383. The first kappa shape index (κ1) is 13.2. The van der Waals surface area contributed by atoms with E-state index in [4.69, 9.17) is 5.84 Å². The fraction of sp³-hybridized carbons (Fsp3) is 0.500. The molecule has 0 radical (unpaired) electrons. The van der Waals surface area contributed by atoms with Gasteiger partial charge in [0.05, 0.1) is 4.92 Å². The van der Waals surface area contributed by atoms with Gasteiger partial charge in [0.15, 0.2) is 5.00 Å². The maximum Gasteiger partial charge on any atom is 0.306 e. The average Bonchev–Trinajstić information content (AvgIpc) is 3.05. The van der Waals surface area contributed by atoms with Crippen LogP contribution in [0.25, 0.3) is 0 Å². The van der Waals surface area contributed by atoms with Crippen LogP contribution in [0.1, 0.15) is 12.8 Å². The predicted molar refractivity (Wildman–Crippen MR) is 66.8 cm³/mol. The highest BCUT2D eigenvalue weighted by molar-refractivity contribution is 7.91. The van der Waals surface area contributed by atoms with Crippen LogP contribution in [0.4, 0.5) is 10.7 Å². The number of thiophene rings is 1. The molecule has 1 fully saturated rings. The number of hydrogen-bond acceptors (Lipinski definition) is 7. The summed E-state index contributed by atoms with van der Waals surface area (Å²) in [7, 11) is -2.19. The Kier molecular flexibility index (Phi) is 3.27. The van der Waals surface area contributed by atoms with Gasteiger partial charge in [-0.3, -0.25) is 10.1 Å². The van der Waals surface area contributed by atoms with Gasteiger partial charge in [0.1, 0.15) is 4.21 Å². The number of sulfonamides is 1. The minimum Gasteiger partial charge on any atom is -0.310 e. The lowest BCUT2D eigenvalue weighted by Gasteiger charge is -2.14. The Bertz CT molecular complexity index is 578. The van der Waals surface area contributed by atoms with Crippen LogP contribution >= 0.6 is 11.3 Å². The second-order valence-electron chi connectivity index (χ2n) is 3.93. The normalized spacial score (nSPS) is 15.9. The van der Waals surface area contributed by atoms with E-state index < -0.39 is 14.9 Å². The number of nitrogens with two attached hydrogens (primary N) is 1. The van der Waals surface area contributed by atoms with E-state index in [1.165, 1.54) is 11.4 Å². The zero-order chi connectivity index (χ0) is 13.5. The van der Waals surface area contributed by atoms with Gasteiger partial charge in [0, 0.05) is 19.2 Å². The molecule has 10 heteroatoms. The number of rotatable bonds is 5. The summed E-state index contributed by atoms with van der Waals surface area (Å²) in [4.78, 5) is 10.1. The smallest absolute Gasteiger partial charge is 0.306 e. The molecule has 0 bridgehead atoms. The summed E-state index contributed by atoms with van der Waals surface area (Å²) < 4.78 is 25.5. The molecule has 0 amide bonds. The van der Waals surface area contributed by atoms with E-state index in [-0.39, 0.29) is 20.9 Å². The Morgan fingerprint density at radius 2 is 2.22 bits per heavy atom. The molecule has 1 aliphatic carbocycles. The molecular formula is C8H12N4O4S2. The third kappa shape index (κ3) is 2.19. The van der Waals surface area contributed by atoms with Crippen molar-refractivity contribution in [3.05, 3.63) is 16.2 Å². The van der Waals surface area contributed by atoms with Gasteiger partial charge in [-0.05, 0) is 12.8 Å². The maximum absolute atomic E-state index is 12.2. The molecule has 1 aromatic rings. The summed E-state index contributed by atoms with van der Waals surface area (Å²) in [6.07, 6.45) is 1.65. The number of hydrazine groups is 1. The van der Waals surface area contributed by atoms with E-state index in [1.807, 2.05) is 0 Å². The van der Waals surface area contributed by atoms with E-state index >= 15 is 0 Å². The third-order valence-electron chi connectivity index (χ3n) is 2.71. The molecule has 100 valence electrons. The molecule has 1 aliphatic rings. The van der Waals surface area contributed by atoms with Gasteiger partial charge in [0.2, 0.25) is 0 Å². The Morgan fingerprint density at radius 1 is 1.61 bits per heavy atom. The number of nitrogen functional groups attached to an aromatic ring is 1. The monoisotopic (exact) mass is 292 g/mol. The van der Waals surface area contributed by atoms with Crippen LogP contribution in [0.3, 0.4) is 0 Å². The van der Waals surface area contributed by atoms with Gasteiger partial charge in [-0.2, -0.15) is 4.31 Å². The van der Waals surface area contributed by atoms with Crippen molar-refractivity contribution >= 4 is 32.0 Å². The standard InChI is InChI=1S/C8H12N4O4S2/c1-11(5-2-3-5)18(15,16)7-4-6(12(13)14)8(10-9)17-7/h4-5,10H,2-3,9H2,1H3. The van der Waals surface area contributed by atoms with Crippen molar-refractivity contribution in [1.29, 1.82) is 0 Å². The SMILES string of the molecule is CN(C1CC1)S(=O)(=O)c1cc([N+](=O)[O-])c(NN)s1. The average molecular weight is 292 g/mol. The van der Waals surface area contributed by atoms with Crippen molar-refractivity contribution in [3.8, 4) is 0 Å². The largest absolute Gasteiger partial charge is 0.310 e. The van der Waals surface area contributed by atoms with Crippen LogP contribution in [-0.4, -0.2) is 30.7 Å². The topological polar surface area (TPSA) is 119 Å². The lowest BCUT2D eigenvalue weighted by atomic mass is 10.5. The first-order chi connectivity index (χ1) is 8.37. The summed E-state index contributed by atoms with van der Waals surface area (Å²) in [5.74, 6) is 5.14. The zero-order valence-electron chi connectivity index (χ0n) is 9.49. The van der Waals surface area contributed by atoms with Crippen LogP contribution in [-0.2, 0) is 10.0 Å². The maximum atomic E-state index is 12.2. The molecule has 2 rings (SSSR count). The molecule has 0 unspecified atom stereocenters. The van der Waals surface area contributed by atoms with E-state index in [0.717, 1.165) is 30.2 Å². The van der Waals surface area contributed by atoms with Crippen LogP contribution in [0, 0.1) is 10.1 Å². The molecule has 3 N–H and O–H groups in total. The van der Waals surface area contributed by atoms with Crippen molar-refractivity contribution in [3.63, 3.8) is 0 Å². The highest BCUT2D eigenvalue weighted by Gasteiger charge is 2.37. The molecule has 0 aliphatic heterocycles. The van der Waals surface area contributed by atoms with Crippen molar-refractivity contribution < 1.29 is 13.3 Å². The van der Waals surface area contributed by atoms with E-state index in [9.17, 15) is 18.5 Å². The van der Waals surface area contributed by atoms with Gasteiger partial charge in [-0.1, -0.05) is 11.3 Å². The van der Waals surface area contributed by atoms with Crippen LogP contribution in [0.15, 0.2) is 10.3 Å². The summed E-state index contributed by atoms with van der Waals surface area (Å²) in [5.41, 5.74) is 1.82. The van der Waals surface area contributed by atoms with Gasteiger partial charge in [-0.15, -0.1) is 0 Å². The highest BCUT2D eigenvalue weighted by atomic mass is 32.2. The molecule has 1 saturated carbocycles. The summed E-state index contributed by atoms with van der Waals surface area (Å²) in [6, 6.07) is 1.04. The number of nitrogens with one attached hydrogen (secondary N) is 1. The number of hydrogen-bond donors (Lipinski definition) is 2. The van der Waals surface area contributed by atoms with E-state index in [2.05, 4.69) is 5.43 Å². The lowest BCUT2D eigenvalue weighted by Crippen LogP contribution is -2.28. The van der Waals surface area contributed by atoms with Crippen LogP contribution in [0.5, 0.6) is 0 Å². The highest BCUT2D eigenvalue weighted by Crippen LogP contribution is 2.39. The Hall–Kier alpha value is -1.23. The first-order valence-electron chi connectivity index (χ1n) is 5.10. The molecule has 0 saturated heterocycles. The fourth-order valence-electron chi connectivity index (χ4n) is 1.50. The molecule has 0 spiro atoms. The molecule has 1 heterocycles. The van der Waals surface area contributed by atoms with Crippen LogP contribution < -0.4 is 11.3 Å². The molecule has 8 nitrogen and oxygen atoms in total. The molecule has 0 atom stereocenters. The summed E-state index contributed by atoms with van der Waals surface area (Å²) in [5, 5.41) is 10.8. The van der Waals surface area contributed by atoms with Gasteiger partial charge < -0.3 is 5.43 Å². The Morgan fingerprint density at radius 3 is 2.61 bits per heavy atom. The summed E-state index contributed by atoms with van der Waals surface area (Å²) in [6.45, 7) is 0. The minimum atomic E-state index is -3.67. The Labute approximate surface area is 108 Å². The van der Waals surface area contributed by atoms with Gasteiger partial charge in [0.25, 0.3) is 10.0 Å². The van der Waals surface area contributed by atoms with Gasteiger partial charge in [-0.25, -0.2) is 14.3 Å². The number of nitrogens with zero attached hydrogens (tertiary/aromatic N) is 2.